The number of aliphatic imine (C=N–C) groups is 1. The Morgan fingerprint density at radius 1 is 1.35 bits per heavy atom. The van der Waals surface area contributed by atoms with Crippen LogP contribution in [0, 0.1) is 5.82 Å². The topological polar surface area (TPSA) is 15.6 Å². The average Bonchev–Trinajstić information content (AvgIpc) is 2.36. The highest BCUT2D eigenvalue weighted by atomic mass is 79.9. The van der Waals surface area contributed by atoms with Crippen LogP contribution in [0.3, 0.4) is 0 Å². The van der Waals surface area contributed by atoms with Gasteiger partial charge in [-0.15, -0.1) is 0 Å². The standard InChI is InChI=1S/C13H11BrF4N2/c1-8-11(14)5-19-7-20(8)6-9-10(13(16,17)18)3-2-4-12(9)15/h2-5H,6-7H2,1H3. The van der Waals surface area contributed by atoms with Crippen LogP contribution in [-0.2, 0) is 12.7 Å². The first-order chi connectivity index (χ1) is 9.30. The first-order valence-corrected chi connectivity index (χ1v) is 6.55. The number of halogens is 5. The number of rotatable bonds is 2. The molecule has 2 rings (SSSR count). The van der Waals surface area contributed by atoms with Crippen molar-refractivity contribution in [2.45, 2.75) is 19.6 Å². The fraction of sp³-hybridized carbons (Fsp3) is 0.308. The Balaban J connectivity index is 2.37. The van der Waals surface area contributed by atoms with Crippen LogP contribution in [0.15, 0.2) is 33.4 Å². The largest absolute Gasteiger partial charge is 0.416 e. The number of hydrogen-bond acceptors (Lipinski definition) is 2. The van der Waals surface area contributed by atoms with Crippen LogP contribution in [0.1, 0.15) is 18.1 Å². The zero-order valence-corrected chi connectivity index (χ0v) is 12.1. The van der Waals surface area contributed by atoms with Crippen molar-refractivity contribution in [1.82, 2.24) is 4.90 Å². The summed E-state index contributed by atoms with van der Waals surface area (Å²) in [7, 11) is 0. The lowest BCUT2D eigenvalue weighted by atomic mass is 10.1. The number of nitrogens with zero attached hydrogens (tertiary/aromatic N) is 2. The van der Waals surface area contributed by atoms with Crippen molar-refractivity contribution in [3.05, 3.63) is 45.3 Å². The Bertz CT molecular complexity index is 578. The monoisotopic (exact) mass is 350 g/mol. The minimum absolute atomic E-state index is 0.181. The molecular weight excluding hydrogens is 340 g/mol. The number of benzene rings is 1. The highest BCUT2D eigenvalue weighted by Gasteiger charge is 2.35. The molecule has 0 radical (unpaired) electrons. The van der Waals surface area contributed by atoms with E-state index in [2.05, 4.69) is 20.9 Å². The Kier molecular flexibility index (Phi) is 4.17. The number of hydrogen-bond donors (Lipinski definition) is 0. The highest BCUT2D eigenvalue weighted by molar-refractivity contribution is 9.12. The maximum absolute atomic E-state index is 13.8. The van der Waals surface area contributed by atoms with Crippen LogP contribution in [0.2, 0.25) is 0 Å². The third-order valence-corrected chi connectivity index (χ3v) is 3.83. The van der Waals surface area contributed by atoms with E-state index < -0.39 is 17.6 Å². The van der Waals surface area contributed by atoms with Gasteiger partial charge in [-0.3, -0.25) is 4.99 Å². The molecule has 0 aromatic heterocycles. The van der Waals surface area contributed by atoms with E-state index >= 15 is 0 Å². The van der Waals surface area contributed by atoms with Crippen LogP contribution < -0.4 is 0 Å². The van der Waals surface area contributed by atoms with Gasteiger partial charge in [-0.05, 0) is 35.0 Å². The molecule has 0 atom stereocenters. The van der Waals surface area contributed by atoms with E-state index in [0.717, 1.165) is 23.9 Å². The molecule has 0 unspecified atom stereocenters. The summed E-state index contributed by atoms with van der Waals surface area (Å²) in [6, 6.07) is 2.99. The molecule has 0 fully saturated rings. The average molecular weight is 351 g/mol. The third-order valence-electron chi connectivity index (χ3n) is 3.05. The highest BCUT2D eigenvalue weighted by Crippen LogP contribution is 2.34. The number of alkyl halides is 3. The van der Waals surface area contributed by atoms with Crippen molar-refractivity contribution in [2.75, 3.05) is 6.67 Å². The second-order valence-electron chi connectivity index (χ2n) is 4.35. The predicted octanol–water partition coefficient (Wildman–Crippen LogP) is 4.31. The molecule has 0 aliphatic carbocycles. The molecular formula is C13H11BrF4N2. The van der Waals surface area contributed by atoms with E-state index in [9.17, 15) is 17.6 Å². The van der Waals surface area contributed by atoms with Gasteiger partial charge >= 0.3 is 6.18 Å². The van der Waals surface area contributed by atoms with Crippen molar-refractivity contribution >= 4 is 22.1 Å². The molecule has 1 aromatic rings. The first kappa shape index (κ1) is 15.0. The summed E-state index contributed by atoms with van der Waals surface area (Å²) in [5.74, 6) is -0.863. The first-order valence-electron chi connectivity index (χ1n) is 5.76. The molecule has 1 aromatic carbocycles. The molecule has 0 bridgehead atoms. The Hall–Kier alpha value is -1.37. The van der Waals surface area contributed by atoms with Crippen molar-refractivity contribution in [1.29, 1.82) is 0 Å². The van der Waals surface area contributed by atoms with E-state index in [0.29, 0.717) is 4.48 Å². The van der Waals surface area contributed by atoms with E-state index in [-0.39, 0.29) is 18.8 Å². The molecule has 0 saturated heterocycles. The van der Waals surface area contributed by atoms with E-state index in [1.54, 1.807) is 18.0 Å². The summed E-state index contributed by atoms with van der Waals surface area (Å²) < 4.78 is 53.2. The molecule has 0 N–H and O–H groups in total. The van der Waals surface area contributed by atoms with Crippen LogP contribution in [0.4, 0.5) is 17.6 Å². The number of allylic oxidation sites excluding steroid dienone is 2. The minimum atomic E-state index is -4.58. The van der Waals surface area contributed by atoms with Crippen LogP contribution in [-0.4, -0.2) is 17.8 Å². The predicted molar refractivity (Wildman–Crippen MR) is 71.9 cm³/mol. The molecule has 1 heterocycles. The zero-order chi connectivity index (χ0) is 14.9. The van der Waals surface area contributed by atoms with Gasteiger partial charge < -0.3 is 4.90 Å². The van der Waals surface area contributed by atoms with Crippen LogP contribution in [0.25, 0.3) is 0 Å². The van der Waals surface area contributed by atoms with E-state index in [1.807, 2.05) is 0 Å². The third kappa shape index (κ3) is 3.03. The van der Waals surface area contributed by atoms with E-state index in [4.69, 9.17) is 0 Å². The zero-order valence-electron chi connectivity index (χ0n) is 10.5. The smallest absolute Gasteiger partial charge is 0.350 e. The Morgan fingerprint density at radius 3 is 2.70 bits per heavy atom. The molecule has 1 aliphatic rings. The Morgan fingerprint density at radius 2 is 2.05 bits per heavy atom. The summed E-state index contributed by atoms with van der Waals surface area (Å²) in [6.07, 6.45) is -3.00. The fourth-order valence-electron chi connectivity index (χ4n) is 1.91. The minimum Gasteiger partial charge on any atom is -0.350 e. The summed E-state index contributed by atoms with van der Waals surface area (Å²) in [4.78, 5) is 5.58. The molecule has 1 aliphatic heterocycles. The van der Waals surface area contributed by atoms with E-state index in [1.165, 1.54) is 0 Å². The molecule has 0 spiro atoms. The van der Waals surface area contributed by atoms with Gasteiger partial charge in [-0.1, -0.05) is 6.07 Å². The molecule has 0 saturated carbocycles. The van der Waals surface area contributed by atoms with Gasteiger partial charge in [0.05, 0.1) is 10.0 Å². The lowest BCUT2D eigenvalue weighted by Gasteiger charge is -2.28. The van der Waals surface area contributed by atoms with Crippen molar-refractivity contribution in [3.63, 3.8) is 0 Å². The van der Waals surface area contributed by atoms with Crippen molar-refractivity contribution < 1.29 is 17.6 Å². The maximum Gasteiger partial charge on any atom is 0.416 e. The summed E-state index contributed by atoms with van der Waals surface area (Å²) in [5, 5.41) is 0. The van der Waals surface area contributed by atoms with Gasteiger partial charge in [0.15, 0.2) is 0 Å². The van der Waals surface area contributed by atoms with Gasteiger partial charge in [-0.25, -0.2) is 4.39 Å². The molecule has 2 nitrogen and oxygen atoms in total. The van der Waals surface area contributed by atoms with Gasteiger partial charge in [-0.2, -0.15) is 13.2 Å². The summed E-state index contributed by atoms with van der Waals surface area (Å²) in [5.41, 5.74) is -0.593. The van der Waals surface area contributed by atoms with Gasteiger partial charge in [0.1, 0.15) is 12.5 Å². The molecule has 20 heavy (non-hydrogen) atoms. The summed E-state index contributed by atoms with van der Waals surface area (Å²) >= 11 is 3.26. The second-order valence-corrected chi connectivity index (χ2v) is 5.20. The van der Waals surface area contributed by atoms with Gasteiger partial charge in [0.25, 0.3) is 0 Å². The second kappa shape index (κ2) is 5.55. The summed E-state index contributed by atoms with van der Waals surface area (Å²) in [6.45, 7) is 1.76. The normalized spacial score (nSPS) is 16.0. The van der Waals surface area contributed by atoms with Crippen molar-refractivity contribution in [3.8, 4) is 0 Å². The molecule has 0 amide bonds. The lowest BCUT2D eigenvalue weighted by Crippen LogP contribution is -2.27. The lowest BCUT2D eigenvalue weighted by molar-refractivity contribution is -0.138. The Labute approximate surface area is 121 Å². The van der Waals surface area contributed by atoms with Gasteiger partial charge in [0.2, 0.25) is 0 Å². The SMILES string of the molecule is CC1=C(Br)C=NCN1Cc1c(F)cccc1C(F)(F)F. The fourth-order valence-corrected chi connectivity index (χ4v) is 2.31. The molecule has 108 valence electrons. The molecule has 7 heteroatoms. The maximum atomic E-state index is 13.8. The van der Waals surface area contributed by atoms with Crippen LogP contribution in [0.5, 0.6) is 0 Å². The quantitative estimate of drug-likeness (QED) is 0.725. The van der Waals surface area contributed by atoms with Gasteiger partial charge in [0, 0.05) is 24.0 Å². The van der Waals surface area contributed by atoms with Crippen LogP contribution >= 0.6 is 15.9 Å². The van der Waals surface area contributed by atoms with Crippen molar-refractivity contribution in [2.24, 2.45) is 4.99 Å².